The number of aryl methyl sites for hydroxylation is 1. The van der Waals surface area contributed by atoms with Crippen molar-refractivity contribution >= 4 is 65.6 Å². The lowest BCUT2D eigenvalue weighted by Crippen LogP contribution is -2.07. The van der Waals surface area contributed by atoms with E-state index in [1.54, 1.807) is 0 Å². The molecule has 9 rings (SSSR count). The quantitative estimate of drug-likeness (QED) is 0.211. The third-order valence-corrected chi connectivity index (χ3v) is 9.65. The smallest absolute Gasteiger partial charge is 0.0420 e. The van der Waals surface area contributed by atoms with E-state index in [1.807, 2.05) is 7.05 Å². The lowest BCUT2D eigenvalue weighted by molar-refractivity contribution is 0.864. The molecule has 0 radical (unpaired) electrons. The van der Waals surface area contributed by atoms with Crippen molar-refractivity contribution in [1.82, 2.24) is 5.32 Å². The maximum absolute atomic E-state index is 3.63. The van der Waals surface area contributed by atoms with Crippen molar-refractivity contribution in [3.05, 3.63) is 120 Å². The van der Waals surface area contributed by atoms with E-state index < -0.39 is 0 Å². The lowest BCUT2D eigenvalue weighted by atomic mass is 9.87. The van der Waals surface area contributed by atoms with Gasteiger partial charge in [0.25, 0.3) is 0 Å². The van der Waals surface area contributed by atoms with Crippen LogP contribution in [0.1, 0.15) is 25.8 Å². The fourth-order valence-electron chi connectivity index (χ4n) is 7.82. The molecular formula is C43H38N2. The molecule has 8 aromatic carbocycles. The topological polar surface area (TPSA) is 24.1 Å². The van der Waals surface area contributed by atoms with Crippen molar-refractivity contribution in [3.8, 4) is 22.3 Å². The Kier molecular flexibility index (Phi) is 6.88. The summed E-state index contributed by atoms with van der Waals surface area (Å²) < 4.78 is 0. The molecule has 0 fully saturated rings. The van der Waals surface area contributed by atoms with Crippen LogP contribution in [-0.4, -0.2) is 20.1 Å². The summed E-state index contributed by atoms with van der Waals surface area (Å²) in [4.78, 5) is 0. The van der Waals surface area contributed by atoms with Crippen molar-refractivity contribution in [2.75, 3.05) is 25.5 Å². The van der Waals surface area contributed by atoms with Crippen molar-refractivity contribution < 1.29 is 0 Å². The van der Waals surface area contributed by atoms with Crippen LogP contribution in [0.2, 0.25) is 0 Å². The lowest BCUT2D eigenvalue weighted by Gasteiger charge is -2.15. The van der Waals surface area contributed by atoms with E-state index in [-0.39, 0.29) is 0 Å². The first-order valence-corrected chi connectivity index (χ1v) is 16.4. The molecule has 1 aliphatic rings. The van der Waals surface area contributed by atoms with Gasteiger partial charge in [0.15, 0.2) is 0 Å². The summed E-state index contributed by atoms with van der Waals surface area (Å²) in [6, 6.07) is 40.7. The van der Waals surface area contributed by atoms with Gasteiger partial charge in [-0.05, 0) is 121 Å². The third-order valence-electron chi connectivity index (χ3n) is 9.65. The first-order valence-electron chi connectivity index (χ1n) is 16.4. The zero-order chi connectivity index (χ0) is 30.5. The Morgan fingerprint density at radius 2 is 1.07 bits per heavy atom. The number of fused-ring (bicyclic) bond motifs is 6. The summed E-state index contributed by atoms with van der Waals surface area (Å²) in [5.41, 5.74) is 8.01. The van der Waals surface area contributed by atoms with Crippen LogP contribution in [0.15, 0.2) is 109 Å². The second kappa shape index (κ2) is 11.2. The Bertz CT molecular complexity index is 2390. The molecule has 0 saturated heterocycles. The van der Waals surface area contributed by atoms with E-state index in [2.05, 4.69) is 140 Å². The van der Waals surface area contributed by atoms with Gasteiger partial charge in [0.05, 0.1) is 0 Å². The highest BCUT2D eigenvalue weighted by atomic mass is 14.9. The van der Waals surface area contributed by atoms with E-state index in [9.17, 15) is 0 Å². The van der Waals surface area contributed by atoms with Crippen molar-refractivity contribution in [2.24, 2.45) is 0 Å². The van der Waals surface area contributed by atoms with Crippen molar-refractivity contribution in [2.45, 2.75) is 26.7 Å². The van der Waals surface area contributed by atoms with Crippen molar-refractivity contribution in [3.63, 3.8) is 0 Å². The Hall–Kier alpha value is -4.92. The van der Waals surface area contributed by atoms with Crippen LogP contribution in [0.4, 0.5) is 5.69 Å². The summed E-state index contributed by atoms with van der Waals surface area (Å²) in [5.74, 6) is 0. The molecular weight excluding hydrogens is 544 g/mol. The SMILES string of the molecule is CCNC.CCNc1ccc2c3c(-c4ccccc4)c4c(c(-c5ccccc5)c3c3cccc1c32)c1c2c(cccc24)CCC=1. The van der Waals surface area contributed by atoms with Gasteiger partial charge in [-0.3, -0.25) is 0 Å². The van der Waals surface area contributed by atoms with Crippen LogP contribution in [0.25, 0.3) is 82.2 Å². The minimum atomic E-state index is 0.901. The predicted molar refractivity (Wildman–Crippen MR) is 198 cm³/mol. The molecule has 2 N–H and O–H groups in total. The average Bonchev–Trinajstić information content (AvgIpc) is 3.61. The highest BCUT2D eigenvalue weighted by Crippen LogP contribution is 2.53. The second-order valence-electron chi connectivity index (χ2n) is 12.1. The molecule has 0 unspecified atom stereocenters. The van der Waals surface area contributed by atoms with Crippen LogP contribution < -0.4 is 15.9 Å². The first-order chi connectivity index (χ1) is 22.3. The summed E-state index contributed by atoms with van der Waals surface area (Å²) in [7, 11) is 1.93. The van der Waals surface area contributed by atoms with Crippen molar-refractivity contribution in [1.29, 1.82) is 0 Å². The summed E-state index contributed by atoms with van der Waals surface area (Å²) in [6.07, 6.45) is 4.70. The van der Waals surface area contributed by atoms with E-state index >= 15 is 0 Å². The Morgan fingerprint density at radius 3 is 1.71 bits per heavy atom. The number of nitrogens with one attached hydrogen (secondary N) is 2. The number of hydrogen-bond donors (Lipinski definition) is 2. The van der Waals surface area contributed by atoms with Gasteiger partial charge in [0.2, 0.25) is 0 Å². The minimum Gasteiger partial charge on any atom is -0.385 e. The van der Waals surface area contributed by atoms with Gasteiger partial charge < -0.3 is 10.6 Å². The molecule has 0 aromatic heterocycles. The molecule has 0 saturated carbocycles. The standard InChI is InChI=1S/C40H29N.C3H9N/c1-2-41-32-23-22-31-36-27(32)18-11-21-30(36)39-34(25-12-5-3-6-13-25)37-28-19-9-16-24-17-10-20-29(33(24)28)38(37)35(40(31)39)26-14-7-4-8-15-26;1-3-4-2/h3-8,10-15,17-23,41H,2,9,16H2,1H3;4H,3H2,1-2H3. The maximum Gasteiger partial charge on any atom is 0.0420 e. The zero-order valence-electron chi connectivity index (χ0n) is 26.3. The predicted octanol–water partition coefficient (Wildman–Crippen LogP) is 10.3. The molecule has 2 nitrogen and oxygen atoms in total. The molecule has 0 amide bonds. The van der Waals surface area contributed by atoms with Gasteiger partial charge in [0, 0.05) is 17.6 Å². The number of benzene rings is 6. The van der Waals surface area contributed by atoms with E-state index in [1.165, 1.54) is 92.6 Å². The number of hydrogen-bond acceptors (Lipinski definition) is 2. The molecule has 2 heteroatoms. The van der Waals surface area contributed by atoms with E-state index in [0.29, 0.717) is 0 Å². The molecule has 0 aliphatic heterocycles. The van der Waals surface area contributed by atoms with Gasteiger partial charge in [-0.15, -0.1) is 0 Å². The van der Waals surface area contributed by atoms with Gasteiger partial charge >= 0.3 is 0 Å². The highest BCUT2D eigenvalue weighted by Gasteiger charge is 2.27. The van der Waals surface area contributed by atoms with Crippen LogP contribution in [-0.2, 0) is 6.42 Å². The summed E-state index contributed by atoms with van der Waals surface area (Å²) >= 11 is 0. The van der Waals surface area contributed by atoms with Gasteiger partial charge in [0.1, 0.15) is 0 Å². The minimum absolute atomic E-state index is 0.901. The monoisotopic (exact) mass is 582 g/mol. The zero-order valence-corrected chi connectivity index (χ0v) is 26.3. The van der Waals surface area contributed by atoms with E-state index in [4.69, 9.17) is 0 Å². The molecule has 0 spiro atoms. The molecule has 0 heterocycles. The largest absolute Gasteiger partial charge is 0.385 e. The Balaban J connectivity index is 0.000000712. The molecule has 45 heavy (non-hydrogen) atoms. The second-order valence-corrected chi connectivity index (χ2v) is 12.1. The average molecular weight is 583 g/mol. The highest BCUT2D eigenvalue weighted by molar-refractivity contribution is 6.43. The van der Waals surface area contributed by atoms with Gasteiger partial charge in [-0.2, -0.15) is 0 Å². The van der Waals surface area contributed by atoms with Gasteiger partial charge in [-0.1, -0.05) is 116 Å². The van der Waals surface area contributed by atoms with E-state index in [0.717, 1.165) is 25.9 Å². The van der Waals surface area contributed by atoms with Crippen LogP contribution in [0, 0.1) is 0 Å². The fraction of sp³-hybridized carbons (Fsp3) is 0.163. The maximum atomic E-state index is 3.63. The van der Waals surface area contributed by atoms with Crippen LogP contribution in [0.3, 0.4) is 0 Å². The van der Waals surface area contributed by atoms with Crippen LogP contribution in [0.5, 0.6) is 0 Å². The summed E-state index contributed by atoms with van der Waals surface area (Å²) in [6.45, 7) is 6.21. The Labute approximate surface area is 264 Å². The van der Waals surface area contributed by atoms with Gasteiger partial charge in [-0.25, -0.2) is 0 Å². The normalized spacial score (nSPS) is 12.6. The molecule has 1 aliphatic carbocycles. The molecule has 0 bridgehead atoms. The number of rotatable bonds is 5. The fourth-order valence-corrected chi connectivity index (χ4v) is 7.82. The molecule has 8 aromatic rings. The molecule has 220 valence electrons. The number of anilines is 1. The van der Waals surface area contributed by atoms with Crippen LogP contribution >= 0.6 is 0 Å². The first kappa shape index (κ1) is 27.6. The third kappa shape index (κ3) is 4.13. The Morgan fingerprint density at radius 1 is 0.511 bits per heavy atom. The molecule has 0 atom stereocenters. The summed E-state index contributed by atoms with van der Waals surface area (Å²) in [5, 5.41) is 21.7.